The molecule has 1 aromatic carbocycles. The second-order valence-electron chi connectivity index (χ2n) is 5.30. The van der Waals surface area contributed by atoms with E-state index in [-0.39, 0.29) is 19.0 Å². The van der Waals surface area contributed by atoms with Crippen LogP contribution in [0.2, 0.25) is 0 Å². The van der Waals surface area contributed by atoms with Gasteiger partial charge in [-0.15, -0.1) is 11.8 Å². The number of cyclic esters (lactones) is 1. The Kier molecular flexibility index (Phi) is 5.17. The second kappa shape index (κ2) is 7.51. The Morgan fingerprint density at radius 2 is 2.36 bits per heavy atom. The molecule has 2 heterocycles. The number of ether oxygens (including phenoxy) is 1. The van der Waals surface area contributed by atoms with Crippen molar-refractivity contribution in [1.29, 1.82) is 0 Å². The van der Waals surface area contributed by atoms with Gasteiger partial charge in [0.2, 0.25) is 12.3 Å². The average Bonchev–Trinajstić information content (AvgIpc) is 3.21. The number of amides is 2. The fourth-order valence-electron chi connectivity index (χ4n) is 2.27. The molecule has 8 nitrogen and oxygen atoms in total. The largest absolute Gasteiger partial charge is 0.442 e. The van der Waals surface area contributed by atoms with Crippen LogP contribution in [0.4, 0.5) is 14.9 Å². The minimum atomic E-state index is -0.568. The topological polar surface area (TPSA) is 97.6 Å². The minimum absolute atomic E-state index is 0.205. The van der Waals surface area contributed by atoms with Crippen LogP contribution in [-0.2, 0) is 15.3 Å². The van der Waals surface area contributed by atoms with Gasteiger partial charge >= 0.3 is 6.09 Å². The molecule has 132 valence electrons. The summed E-state index contributed by atoms with van der Waals surface area (Å²) in [7, 11) is 0. The number of anilines is 1. The Labute approximate surface area is 146 Å². The van der Waals surface area contributed by atoms with Gasteiger partial charge in [-0.3, -0.25) is 9.69 Å². The molecular formula is C15H15FN4O4S. The van der Waals surface area contributed by atoms with Crippen LogP contribution in [0.5, 0.6) is 0 Å². The molecule has 1 aromatic heterocycles. The number of halogens is 1. The van der Waals surface area contributed by atoms with Crippen molar-refractivity contribution < 1.29 is 23.2 Å². The number of benzene rings is 1. The first kappa shape index (κ1) is 17.2. The summed E-state index contributed by atoms with van der Waals surface area (Å²) < 4.78 is 24.1. The average molecular weight is 366 g/mol. The molecule has 25 heavy (non-hydrogen) atoms. The van der Waals surface area contributed by atoms with Gasteiger partial charge in [0.1, 0.15) is 11.9 Å². The molecule has 3 rings (SSSR count). The zero-order valence-electron chi connectivity index (χ0n) is 13.3. The second-order valence-corrected chi connectivity index (χ2v) is 6.32. The predicted molar refractivity (Wildman–Crippen MR) is 86.6 cm³/mol. The van der Waals surface area contributed by atoms with Gasteiger partial charge in [0.15, 0.2) is 5.82 Å². The number of hydrogen-bond acceptors (Lipinski definition) is 7. The Morgan fingerprint density at radius 1 is 1.52 bits per heavy atom. The Bertz CT molecular complexity index is 771. The molecule has 0 unspecified atom stereocenters. The molecular weight excluding hydrogens is 351 g/mol. The third kappa shape index (κ3) is 4.27. The van der Waals surface area contributed by atoms with Gasteiger partial charge in [0.25, 0.3) is 0 Å². The van der Waals surface area contributed by atoms with Crippen LogP contribution in [0.15, 0.2) is 34.0 Å². The number of rotatable bonds is 6. The molecule has 0 saturated carbocycles. The zero-order valence-corrected chi connectivity index (χ0v) is 14.1. The summed E-state index contributed by atoms with van der Waals surface area (Å²) in [6, 6.07) is 4.51. The smallest absolute Gasteiger partial charge is 0.414 e. The van der Waals surface area contributed by atoms with E-state index >= 15 is 0 Å². The molecule has 2 aromatic rings. The number of carbonyl (C=O) groups excluding carboxylic acids is 2. The van der Waals surface area contributed by atoms with E-state index in [2.05, 4.69) is 20.0 Å². The van der Waals surface area contributed by atoms with Gasteiger partial charge in [-0.25, -0.2) is 9.18 Å². The lowest BCUT2D eigenvalue weighted by atomic mass is 10.2. The highest BCUT2D eigenvalue weighted by molar-refractivity contribution is 7.98. The number of carbonyl (C=O) groups is 2. The van der Waals surface area contributed by atoms with Crippen LogP contribution in [0.25, 0.3) is 0 Å². The van der Waals surface area contributed by atoms with E-state index in [0.29, 0.717) is 22.2 Å². The highest BCUT2D eigenvalue weighted by atomic mass is 32.2. The Hall–Kier alpha value is -2.62. The lowest BCUT2D eigenvalue weighted by molar-refractivity contribution is -0.119. The SMILES string of the molecule is CC(=O)NC[C@H]1CN(c2ccc(SCc3ncon3)c(F)c2)C(=O)O1. The van der Waals surface area contributed by atoms with Gasteiger partial charge in [-0.1, -0.05) is 5.16 Å². The minimum Gasteiger partial charge on any atom is -0.442 e. The van der Waals surface area contributed by atoms with E-state index in [0.717, 1.165) is 0 Å². The third-order valence-corrected chi connectivity index (χ3v) is 4.49. The summed E-state index contributed by atoms with van der Waals surface area (Å²) >= 11 is 1.23. The summed E-state index contributed by atoms with van der Waals surface area (Å²) in [6.07, 6.45) is 0.180. The summed E-state index contributed by atoms with van der Waals surface area (Å²) in [5.41, 5.74) is 0.400. The Balaban J connectivity index is 1.63. The molecule has 1 aliphatic heterocycles. The zero-order chi connectivity index (χ0) is 17.8. The highest BCUT2D eigenvalue weighted by Crippen LogP contribution is 2.29. The molecule has 2 amide bonds. The van der Waals surface area contributed by atoms with Gasteiger partial charge in [-0.2, -0.15) is 4.98 Å². The third-order valence-electron chi connectivity index (χ3n) is 3.44. The molecule has 1 fully saturated rings. The van der Waals surface area contributed by atoms with Crippen LogP contribution < -0.4 is 10.2 Å². The first-order chi connectivity index (χ1) is 12.0. The van der Waals surface area contributed by atoms with Crippen LogP contribution in [-0.4, -0.2) is 41.3 Å². The molecule has 1 saturated heterocycles. The molecule has 0 radical (unpaired) electrons. The lowest BCUT2D eigenvalue weighted by Crippen LogP contribution is -2.33. The highest BCUT2D eigenvalue weighted by Gasteiger charge is 2.32. The molecule has 10 heteroatoms. The van der Waals surface area contributed by atoms with E-state index in [1.54, 1.807) is 12.1 Å². The van der Waals surface area contributed by atoms with E-state index in [1.165, 1.54) is 36.0 Å². The van der Waals surface area contributed by atoms with Gasteiger partial charge in [0.05, 0.1) is 24.5 Å². The van der Waals surface area contributed by atoms with Crippen molar-refractivity contribution in [3.8, 4) is 0 Å². The molecule has 0 spiro atoms. The molecule has 1 aliphatic rings. The quantitative estimate of drug-likeness (QED) is 0.781. The maximum absolute atomic E-state index is 14.3. The van der Waals surface area contributed by atoms with Crippen molar-refractivity contribution in [3.63, 3.8) is 0 Å². The molecule has 0 aliphatic carbocycles. The predicted octanol–water partition coefficient (Wildman–Crippen LogP) is 1.96. The molecule has 1 N–H and O–H groups in total. The normalized spacial score (nSPS) is 16.8. The maximum atomic E-state index is 14.3. The van der Waals surface area contributed by atoms with Crippen LogP contribution in [0.1, 0.15) is 12.7 Å². The Morgan fingerprint density at radius 3 is 3.04 bits per heavy atom. The summed E-state index contributed by atoms with van der Waals surface area (Å²) in [4.78, 5) is 28.5. The van der Waals surface area contributed by atoms with Crippen molar-refractivity contribution in [3.05, 3.63) is 36.2 Å². The molecule has 1 atom stereocenters. The van der Waals surface area contributed by atoms with Gasteiger partial charge in [-0.05, 0) is 18.2 Å². The fourth-order valence-corrected chi connectivity index (χ4v) is 3.04. The van der Waals surface area contributed by atoms with Gasteiger partial charge < -0.3 is 14.6 Å². The number of aromatic nitrogens is 2. The van der Waals surface area contributed by atoms with Crippen molar-refractivity contribution >= 4 is 29.4 Å². The van der Waals surface area contributed by atoms with E-state index in [4.69, 9.17) is 4.74 Å². The standard InChI is InChI=1S/C15H15FN4O4S/c1-9(21)17-5-11-6-20(15(22)24-11)10-2-3-13(12(16)4-10)25-7-14-18-8-23-19-14/h2-4,8,11H,5-7H2,1H3,(H,17,21)/t11-/m0/s1. The number of nitrogens with one attached hydrogen (secondary N) is 1. The summed E-state index contributed by atoms with van der Waals surface area (Å²) in [5, 5.41) is 6.25. The van der Waals surface area contributed by atoms with Gasteiger partial charge in [0, 0.05) is 11.8 Å². The van der Waals surface area contributed by atoms with E-state index in [1.807, 2.05) is 0 Å². The monoisotopic (exact) mass is 366 g/mol. The number of nitrogens with zero attached hydrogens (tertiary/aromatic N) is 3. The van der Waals surface area contributed by atoms with Crippen molar-refractivity contribution in [2.75, 3.05) is 18.0 Å². The first-order valence-electron chi connectivity index (χ1n) is 7.43. The van der Waals surface area contributed by atoms with Crippen molar-refractivity contribution in [2.24, 2.45) is 0 Å². The number of thioether (sulfide) groups is 1. The van der Waals surface area contributed by atoms with E-state index < -0.39 is 18.0 Å². The van der Waals surface area contributed by atoms with Crippen molar-refractivity contribution in [1.82, 2.24) is 15.5 Å². The van der Waals surface area contributed by atoms with E-state index in [9.17, 15) is 14.0 Å². The lowest BCUT2D eigenvalue weighted by Gasteiger charge is -2.14. The van der Waals surface area contributed by atoms with Crippen LogP contribution >= 0.6 is 11.8 Å². The maximum Gasteiger partial charge on any atom is 0.414 e. The first-order valence-corrected chi connectivity index (χ1v) is 8.41. The summed E-state index contributed by atoms with van der Waals surface area (Å²) in [6.45, 7) is 1.85. The van der Waals surface area contributed by atoms with Crippen LogP contribution in [0, 0.1) is 5.82 Å². The van der Waals surface area contributed by atoms with Crippen LogP contribution in [0.3, 0.4) is 0 Å². The summed E-state index contributed by atoms with van der Waals surface area (Å²) in [5.74, 6) is 0.183. The molecule has 0 bridgehead atoms. The number of hydrogen-bond donors (Lipinski definition) is 1. The fraction of sp³-hybridized carbons (Fsp3) is 0.333. The van der Waals surface area contributed by atoms with Crippen molar-refractivity contribution in [2.45, 2.75) is 23.7 Å².